The summed E-state index contributed by atoms with van der Waals surface area (Å²) in [5.74, 6) is 0. The van der Waals surface area contributed by atoms with Crippen molar-refractivity contribution >= 4 is 6.21 Å². The molecule has 0 aromatic carbocycles. The second-order valence-corrected chi connectivity index (χ2v) is 0.600. The molecule has 0 fully saturated rings. The van der Waals surface area contributed by atoms with E-state index in [1.54, 1.807) is 0 Å². The zero-order valence-corrected chi connectivity index (χ0v) is 3.23. The molecule has 0 spiro atoms. The maximum atomic E-state index is 6.91. The second-order valence-electron chi connectivity index (χ2n) is 0.600. The van der Waals surface area contributed by atoms with Crippen molar-refractivity contribution in [2.75, 3.05) is 0 Å². The number of allylic oxidation sites excluding steroid dienone is 3. The van der Waals surface area contributed by atoms with Crippen LogP contribution in [0.1, 0.15) is 4.11 Å². The number of nitrogens with one attached hydrogen (secondary N) is 1. The molecule has 1 nitrogen and oxygen atoms in total. The van der Waals surface area contributed by atoms with Crippen LogP contribution in [0.25, 0.3) is 0 Å². The van der Waals surface area contributed by atoms with E-state index in [2.05, 4.69) is 0 Å². The molecule has 0 unspecified atom stereocenters. The third kappa shape index (κ3) is 3.15. The molecule has 0 aliphatic carbocycles. The third-order valence-corrected chi connectivity index (χ3v) is 0.239. The van der Waals surface area contributed by atoms with Crippen LogP contribution in [0.15, 0.2) is 24.7 Å². The highest BCUT2D eigenvalue weighted by Crippen LogP contribution is 1.63. The highest BCUT2D eigenvalue weighted by atomic mass is 14.3. The molecular weight excluding hydrogens is 74.1 g/mol. The number of hydrogen-bond acceptors (Lipinski definition) is 1. The van der Waals surface area contributed by atoms with Crippen LogP contribution >= 0.6 is 0 Å². The van der Waals surface area contributed by atoms with E-state index < -0.39 is 0 Å². The zero-order valence-electron chi connectivity index (χ0n) is 6.23. The van der Waals surface area contributed by atoms with Crippen molar-refractivity contribution in [2.45, 2.75) is 0 Å². The summed E-state index contributed by atoms with van der Waals surface area (Å²) in [6, 6.07) is -0.293. The average Bonchev–Trinajstić information content (AvgIpc) is 1.87. The summed E-state index contributed by atoms with van der Waals surface area (Å²) in [4.78, 5) is 0. The standard InChI is InChI=1S/C5H7N/c1-2-3-4-5-6/h2-6H,1H2/b4-3-,6-5?/i1D,3D,4D/b2-1?,4-3-,6-5?. The lowest BCUT2D eigenvalue weighted by molar-refractivity contribution is 1.58. The van der Waals surface area contributed by atoms with E-state index in [4.69, 9.17) is 9.52 Å². The lowest BCUT2D eigenvalue weighted by Gasteiger charge is -1.59. The minimum atomic E-state index is -0.182. The van der Waals surface area contributed by atoms with Crippen LogP contribution in [-0.4, -0.2) is 6.21 Å². The lowest BCUT2D eigenvalue weighted by atomic mass is 10.5. The largest absolute Gasteiger partial charge is 0.309 e. The van der Waals surface area contributed by atoms with Gasteiger partial charge < -0.3 is 5.41 Å². The number of hydrogen-bond donors (Lipinski definition) is 1. The fourth-order valence-electron chi connectivity index (χ4n) is 0.0898. The molecule has 1 heteroatoms. The molecular formula is C5H7N. The molecule has 0 atom stereocenters. The van der Waals surface area contributed by atoms with Gasteiger partial charge in [-0.1, -0.05) is 18.7 Å². The van der Waals surface area contributed by atoms with Gasteiger partial charge in [0.25, 0.3) is 0 Å². The Morgan fingerprint density at radius 1 is 1.83 bits per heavy atom. The van der Waals surface area contributed by atoms with Gasteiger partial charge in [0.1, 0.15) is 0 Å². The zero-order chi connectivity index (χ0) is 7.28. The number of rotatable bonds is 2. The molecule has 0 aliphatic rings. The summed E-state index contributed by atoms with van der Waals surface area (Å²) in [5, 5.41) is 6.53. The predicted molar refractivity (Wildman–Crippen MR) is 28.1 cm³/mol. The first-order valence-corrected chi connectivity index (χ1v) is 1.45. The fourth-order valence-corrected chi connectivity index (χ4v) is 0.0898. The van der Waals surface area contributed by atoms with Gasteiger partial charge in [-0.05, 0) is 6.05 Å². The highest BCUT2D eigenvalue weighted by Gasteiger charge is 1.48. The second kappa shape index (κ2) is 4.15. The molecule has 0 radical (unpaired) electrons. The molecule has 32 valence electrons. The Labute approximate surface area is 41.7 Å². The molecule has 0 aromatic rings. The average molecular weight is 84.1 g/mol. The molecule has 0 rings (SSSR count). The first-order chi connectivity index (χ1) is 4.22. The molecule has 0 amide bonds. The molecule has 1 N–H and O–H groups in total. The van der Waals surface area contributed by atoms with Crippen LogP contribution in [0, 0.1) is 5.41 Å². The van der Waals surface area contributed by atoms with E-state index >= 15 is 0 Å². The monoisotopic (exact) mass is 84.1 g/mol. The van der Waals surface area contributed by atoms with Gasteiger partial charge in [0.05, 0.1) is 4.11 Å². The van der Waals surface area contributed by atoms with E-state index in [0.717, 1.165) is 18.8 Å². The van der Waals surface area contributed by atoms with Gasteiger partial charge in [-0.15, -0.1) is 0 Å². The highest BCUT2D eigenvalue weighted by molar-refractivity contribution is 5.67. The van der Waals surface area contributed by atoms with Crippen molar-refractivity contribution in [1.29, 1.82) is 5.41 Å². The van der Waals surface area contributed by atoms with Gasteiger partial charge in [0.2, 0.25) is 0 Å². The van der Waals surface area contributed by atoms with Crippen LogP contribution in [0.2, 0.25) is 0 Å². The van der Waals surface area contributed by atoms with Gasteiger partial charge in [-0.25, -0.2) is 0 Å². The van der Waals surface area contributed by atoms with Crippen LogP contribution in [0.3, 0.4) is 0 Å². The van der Waals surface area contributed by atoms with E-state index in [-0.39, 0.29) is 12.1 Å². The first kappa shape index (κ1) is 1.73. The van der Waals surface area contributed by atoms with E-state index in [1.807, 2.05) is 0 Å². The minimum absolute atomic E-state index is 0.111. The molecule has 6 heavy (non-hydrogen) atoms. The van der Waals surface area contributed by atoms with E-state index in [0.29, 0.717) is 0 Å². The molecule has 0 heterocycles. The normalized spacial score (nSPS) is 21.0. The van der Waals surface area contributed by atoms with Crippen molar-refractivity contribution in [2.24, 2.45) is 0 Å². The fraction of sp³-hybridized carbons (Fsp3) is 0. The molecule has 0 saturated heterocycles. The summed E-state index contributed by atoms with van der Waals surface area (Å²) >= 11 is 0. The minimum Gasteiger partial charge on any atom is -0.309 e. The lowest BCUT2D eigenvalue weighted by Crippen LogP contribution is -1.50. The van der Waals surface area contributed by atoms with Crippen LogP contribution < -0.4 is 0 Å². The SMILES string of the molecule is [2H]C=C/C([2H])=C(/[2H])C=N. The summed E-state index contributed by atoms with van der Waals surface area (Å²) in [5.41, 5.74) is 0. The molecule has 0 saturated carbocycles. The maximum Gasteiger partial charge on any atom is 0.0639 e. The van der Waals surface area contributed by atoms with Crippen LogP contribution in [-0.2, 0) is 0 Å². The topological polar surface area (TPSA) is 23.9 Å². The Kier molecular flexibility index (Phi) is 1.20. The van der Waals surface area contributed by atoms with Gasteiger partial charge >= 0.3 is 0 Å². The van der Waals surface area contributed by atoms with Gasteiger partial charge in [0, 0.05) is 6.21 Å². The molecule has 0 aromatic heterocycles. The summed E-state index contributed by atoms with van der Waals surface area (Å²) in [6.45, 7) is 0.917. The quantitative estimate of drug-likeness (QED) is 0.386. The Balaban J connectivity index is 4.27. The Hall–Kier alpha value is -0.850. The summed E-state index contributed by atoms with van der Waals surface area (Å²) in [7, 11) is 0. The van der Waals surface area contributed by atoms with Gasteiger partial charge in [-0.3, -0.25) is 0 Å². The van der Waals surface area contributed by atoms with E-state index in [9.17, 15) is 0 Å². The smallest absolute Gasteiger partial charge is 0.0639 e. The van der Waals surface area contributed by atoms with Crippen molar-refractivity contribution in [3.63, 3.8) is 0 Å². The maximum absolute atomic E-state index is 6.91. The Morgan fingerprint density at radius 2 is 2.67 bits per heavy atom. The van der Waals surface area contributed by atoms with Gasteiger partial charge in [0.15, 0.2) is 0 Å². The van der Waals surface area contributed by atoms with Crippen molar-refractivity contribution in [1.82, 2.24) is 0 Å². The molecule has 0 aliphatic heterocycles. The Bertz CT molecular complexity index is 160. The predicted octanol–water partition coefficient (Wildman–Crippen LogP) is 1.38. The van der Waals surface area contributed by atoms with Crippen LogP contribution in [0.5, 0.6) is 0 Å². The first-order valence-electron chi connectivity index (χ1n) is 3.03. The summed E-state index contributed by atoms with van der Waals surface area (Å²) in [6.07, 6.45) is 1.91. The van der Waals surface area contributed by atoms with Gasteiger partial charge in [-0.2, -0.15) is 0 Å². The Morgan fingerprint density at radius 3 is 3.17 bits per heavy atom. The third-order valence-electron chi connectivity index (χ3n) is 0.239. The summed E-state index contributed by atoms with van der Waals surface area (Å²) < 4.78 is 20.3. The van der Waals surface area contributed by atoms with Crippen LogP contribution in [0.4, 0.5) is 0 Å². The van der Waals surface area contributed by atoms with E-state index in [1.165, 1.54) is 0 Å². The molecule has 0 bridgehead atoms. The van der Waals surface area contributed by atoms with Crippen molar-refractivity contribution in [3.05, 3.63) is 24.7 Å². The van der Waals surface area contributed by atoms with Crippen molar-refractivity contribution < 1.29 is 4.11 Å². The van der Waals surface area contributed by atoms with Crippen molar-refractivity contribution in [3.8, 4) is 0 Å².